The minimum Gasteiger partial charge on any atom is -0.306 e. The van der Waals surface area contributed by atoms with Crippen molar-refractivity contribution in [3.8, 4) is 11.3 Å². The topological polar surface area (TPSA) is 59.0 Å². The largest absolute Gasteiger partial charge is 0.306 e. The van der Waals surface area contributed by atoms with Gasteiger partial charge in [-0.2, -0.15) is 0 Å². The Labute approximate surface area is 130 Å². The van der Waals surface area contributed by atoms with Gasteiger partial charge in [0.25, 0.3) is 0 Å². The molecule has 0 aliphatic carbocycles. The molecule has 2 aromatic rings. The lowest BCUT2D eigenvalue weighted by Gasteiger charge is -2.27. The molecule has 0 N–H and O–H groups in total. The maximum absolute atomic E-state index is 12.3. The second-order valence-electron chi connectivity index (χ2n) is 5.82. The molecule has 1 saturated heterocycles. The maximum atomic E-state index is 12.3. The minimum atomic E-state index is 0.162. The first kappa shape index (κ1) is 14.8. The second kappa shape index (κ2) is 6.75. The molecule has 1 aliphatic heterocycles. The minimum absolute atomic E-state index is 0.162. The number of aromatic nitrogens is 3. The molecule has 1 fully saturated rings. The average molecular weight is 296 g/mol. The summed E-state index contributed by atoms with van der Waals surface area (Å²) in [7, 11) is 2.10. The first-order valence-corrected chi connectivity index (χ1v) is 7.66. The zero-order chi connectivity index (χ0) is 15.4. The summed E-state index contributed by atoms with van der Waals surface area (Å²) in [6.07, 6.45) is 7.45. The first-order valence-electron chi connectivity index (χ1n) is 7.66. The molecule has 0 atom stereocenters. The van der Waals surface area contributed by atoms with Crippen LogP contribution >= 0.6 is 0 Å². The highest BCUT2D eigenvalue weighted by Crippen LogP contribution is 2.19. The van der Waals surface area contributed by atoms with Crippen LogP contribution in [0.25, 0.3) is 11.3 Å². The van der Waals surface area contributed by atoms with Gasteiger partial charge in [-0.15, -0.1) is 0 Å². The highest BCUT2D eigenvalue weighted by molar-refractivity contribution is 5.82. The van der Waals surface area contributed by atoms with Gasteiger partial charge in [-0.1, -0.05) is 6.07 Å². The Bertz CT molecular complexity index is 619. The average Bonchev–Trinajstić information content (AvgIpc) is 2.57. The van der Waals surface area contributed by atoms with Crippen LogP contribution in [0.4, 0.5) is 0 Å². The van der Waals surface area contributed by atoms with Gasteiger partial charge in [0.2, 0.25) is 0 Å². The number of Topliss-reactive ketones (excluding diaryl/α,β-unsaturated/α-hetero) is 1. The van der Waals surface area contributed by atoms with Crippen molar-refractivity contribution in [2.45, 2.75) is 19.3 Å². The summed E-state index contributed by atoms with van der Waals surface area (Å²) < 4.78 is 0. The fourth-order valence-electron chi connectivity index (χ4n) is 2.74. The lowest BCUT2D eigenvalue weighted by Crippen LogP contribution is -2.34. The van der Waals surface area contributed by atoms with Crippen LogP contribution in [0, 0.1) is 5.92 Å². The fraction of sp³-hybridized carbons (Fsp3) is 0.412. The molecule has 3 rings (SSSR count). The van der Waals surface area contributed by atoms with Crippen LogP contribution in [0.15, 0.2) is 36.8 Å². The zero-order valence-electron chi connectivity index (χ0n) is 12.8. The number of piperidine rings is 1. The molecule has 0 aromatic carbocycles. The van der Waals surface area contributed by atoms with Crippen molar-refractivity contribution in [2.75, 3.05) is 20.1 Å². The van der Waals surface area contributed by atoms with Crippen molar-refractivity contribution in [1.82, 2.24) is 19.9 Å². The van der Waals surface area contributed by atoms with Crippen LogP contribution in [-0.2, 0) is 11.2 Å². The number of pyridine rings is 1. The third-order valence-electron chi connectivity index (χ3n) is 4.17. The molecule has 0 saturated carbocycles. The highest BCUT2D eigenvalue weighted by atomic mass is 16.1. The Morgan fingerprint density at radius 1 is 1.18 bits per heavy atom. The van der Waals surface area contributed by atoms with Gasteiger partial charge in [0.15, 0.2) is 0 Å². The van der Waals surface area contributed by atoms with Gasteiger partial charge in [0, 0.05) is 30.1 Å². The van der Waals surface area contributed by atoms with Crippen molar-refractivity contribution < 1.29 is 4.79 Å². The standard InChI is InChI=1S/C17H20N4O/c1-21-8-5-13(6-9-21)16(22)10-17-19-11-14(12-20-17)15-4-2-3-7-18-15/h2-4,7,11-13H,5-6,8-10H2,1H3. The fourth-order valence-corrected chi connectivity index (χ4v) is 2.74. The molecule has 5 heteroatoms. The van der Waals surface area contributed by atoms with Crippen LogP contribution in [0.1, 0.15) is 18.7 Å². The molecular weight excluding hydrogens is 276 g/mol. The second-order valence-corrected chi connectivity index (χ2v) is 5.82. The molecule has 22 heavy (non-hydrogen) atoms. The van der Waals surface area contributed by atoms with E-state index in [1.54, 1.807) is 18.6 Å². The van der Waals surface area contributed by atoms with Gasteiger partial charge in [-0.3, -0.25) is 9.78 Å². The number of rotatable bonds is 4. The maximum Gasteiger partial charge on any atom is 0.143 e. The molecule has 0 bridgehead atoms. The normalized spacial score (nSPS) is 16.6. The lowest BCUT2D eigenvalue weighted by molar-refractivity contribution is -0.123. The number of carbonyl (C=O) groups is 1. The number of hydrogen-bond donors (Lipinski definition) is 0. The summed E-state index contributed by atoms with van der Waals surface area (Å²) >= 11 is 0. The Morgan fingerprint density at radius 3 is 2.55 bits per heavy atom. The summed E-state index contributed by atoms with van der Waals surface area (Å²) in [6.45, 7) is 1.99. The molecule has 2 aromatic heterocycles. The van der Waals surface area contributed by atoms with Gasteiger partial charge in [0.05, 0.1) is 12.1 Å². The number of likely N-dealkylation sites (tertiary alicyclic amines) is 1. The van der Waals surface area contributed by atoms with E-state index in [2.05, 4.69) is 26.9 Å². The van der Waals surface area contributed by atoms with Gasteiger partial charge >= 0.3 is 0 Å². The van der Waals surface area contributed by atoms with Crippen LogP contribution in [0.5, 0.6) is 0 Å². The van der Waals surface area contributed by atoms with Gasteiger partial charge < -0.3 is 4.90 Å². The Balaban J connectivity index is 1.62. The lowest BCUT2D eigenvalue weighted by atomic mass is 9.91. The van der Waals surface area contributed by atoms with E-state index in [0.717, 1.165) is 37.2 Å². The molecular formula is C17H20N4O. The Hall–Kier alpha value is -2.14. The van der Waals surface area contributed by atoms with Crippen molar-refractivity contribution in [3.05, 3.63) is 42.6 Å². The predicted octanol–water partition coefficient (Wildman–Crippen LogP) is 1.99. The molecule has 0 unspecified atom stereocenters. The van der Waals surface area contributed by atoms with E-state index in [-0.39, 0.29) is 11.7 Å². The van der Waals surface area contributed by atoms with E-state index >= 15 is 0 Å². The number of nitrogens with zero attached hydrogens (tertiary/aromatic N) is 4. The predicted molar refractivity (Wildman–Crippen MR) is 84.2 cm³/mol. The molecule has 0 radical (unpaired) electrons. The van der Waals surface area contributed by atoms with Crippen LogP contribution in [0.3, 0.4) is 0 Å². The van der Waals surface area contributed by atoms with Gasteiger partial charge in [-0.05, 0) is 45.1 Å². The van der Waals surface area contributed by atoms with E-state index in [1.807, 2.05) is 18.2 Å². The van der Waals surface area contributed by atoms with Crippen molar-refractivity contribution >= 4 is 5.78 Å². The molecule has 3 heterocycles. The van der Waals surface area contributed by atoms with E-state index < -0.39 is 0 Å². The van der Waals surface area contributed by atoms with Crippen LogP contribution < -0.4 is 0 Å². The third-order valence-corrected chi connectivity index (χ3v) is 4.17. The first-order chi connectivity index (χ1) is 10.7. The van der Waals surface area contributed by atoms with E-state index in [4.69, 9.17) is 0 Å². The smallest absolute Gasteiger partial charge is 0.143 e. The Kier molecular flexibility index (Phi) is 4.53. The monoisotopic (exact) mass is 296 g/mol. The summed E-state index contributed by atoms with van der Waals surface area (Å²) in [4.78, 5) is 27.5. The molecule has 1 aliphatic rings. The summed E-state index contributed by atoms with van der Waals surface area (Å²) in [5.41, 5.74) is 1.71. The molecule has 0 amide bonds. The van der Waals surface area contributed by atoms with E-state index in [0.29, 0.717) is 12.2 Å². The van der Waals surface area contributed by atoms with Crippen molar-refractivity contribution in [1.29, 1.82) is 0 Å². The van der Waals surface area contributed by atoms with Gasteiger partial charge in [-0.25, -0.2) is 9.97 Å². The zero-order valence-corrected chi connectivity index (χ0v) is 12.8. The van der Waals surface area contributed by atoms with E-state index in [1.165, 1.54) is 0 Å². The summed E-state index contributed by atoms with van der Waals surface area (Å²) in [5.74, 6) is 1.03. The summed E-state index contributed by atoms with van der Waals surface area (Å²) in [6, 6.07) is 5.72. The highest BCUT2D eigenvalue weighted by Gasteiger charge is 2.23. The van der Waals surface area contributed by atoms with E-state index in [9.17, 15) is 4.79 Å². The Morgan fingerprint density at radius 2 is 1.91 bits per heavy atom. The number of ketones is 1. The van der Waals surface area contributed by atoms with Gasteiger partial charge in [0.1, 0.15) is 11.6 Å². The SMILES string of the molecule is CN1CCC(C(=O)Cc2ncc(-c3ccccn3)cn2)CC1. The van der Waals surface area contributed by atoms with Crippen LogP contribution in [0.2, 0.25) is 0 Å². The molecule has 0 spiro atoms. The number of hydrogen-bond acceptors (Lipinski definition) is 5. The third kappa shape index (κ3) is 3.54. The summed E-state index contributed by atoms with van der Waals surface area (Å²) in [5, 5.41) is 0. The van der Waals surface area contributed by atoms with Crippen molar-refractivity contribution in [3.63, 3.8) is 0 Å². The molecule has 114 valence electrons. The van der Waals surface area contributed by atoms with Crippen LogP contribution in [-0.4, -0.2) is 45.8 Å². The van der Waals surface area contributed by atoms with Crippen molar-refractivity contribution in [2.24, 2.45) is 5.92 Å². The molecule has 5 nitrogen and oxygen atoms in total. The number of carbonyl (C=O) groups excluding carboxylic acids is 1. The quantitative estimate of drug-likeness (QED) is 0.863.